The predicted molar refractivity (Wildman–Crippen MR) is 130 cm³/mol. The second kappa shape index (κ2) is 13.0. The van der Waals surface area contributed by atoms with Gasteiger partial charge in [0.2, 0.25) is 17.3 Å². The quantitative estimate of drug-likeness (QED) is 0.270. The molecule has 2 unspecified atom stereocenters. The SMILES string of the molecule is O=C(N[C@@H](CC1CCCCC1)C(=O)N[C@@H](CC1CCNC1=O)C(O)S(=O)(=O)O)OCc1ccccc1. The van der Waals surface area contributed by atoms with E-state index in [1.54, 1.807) is 24.3 Å². The highest BCUT2D eigenvalue weighted by Gasteiger charge is 2.38. The van der Waals surface area contributed by atoms with E-state index in [-0.39, 0.29) is 24.9 Å². The van der Waals surface area contributed by atoms with Crippen molar-refractivity contribution >= 4 is 28.0 Å². The fourth-order valence-electron chi connectivity index (χ4n) is 4.81. The first-order chi connectivity index (χ1) is 17.1. The van der Waals surface area contributed by atoms with Crippen molar-refractivity contribution < 1.29 is 37.2 Å². The van der Waals surface area contributed by atoms with Crippen LogP contribution in [0, 0.1) is 11.8 Å². The number of hydrogen-bond donors (Lipinski definition) is 5. The number of ether oxygens (including phenoxy) is 1. The Kier molecular flexibility index (Phi) is 10.1. The van der Waals surface area contributed by atoms with Crippen LogP contribution in [0.4, 0.5) is 4.79 Å². The Labute approximate surface area is 211 Å². The number of hydrogen-bond acceptors (Lipinski definition) is 7. The van der Waals surface area contributed by atoms with Crippen molar-refractivity contribution in [2.24, 2.45) is 11.8 Å². The Balaban J connectivity index is 1.70. The Morgan fingerprint density at radius 3 is 2.36 bits per heavy atom. The standard InChI is InChI=1S/C24H35N3O8S/c28-21-18(11-12-25-21)14-20(23(30)36(32,33)34)26-22(29)19(13-16-7-3-1-4-8-16)27-24(31)35-15-17-9-5-2-6-10-17/h2,5-6,9-10,16,18-20,23,30H,1,3-4,7-8,11-15H2,(H,25,28)(H,26,29)(H,27,31)(H,32,33,34)/t18?,19-,20-,23?/m0/s1. The normalized spacial score (nSPS) is 21.2. The summed E-state index contributed by atoms with van der Waals surface area (Å²) in [6, 6.07) is 6.53. The molecular weight excluding hydrogens is 490 g/mol. The summed E-state index contributed by atoms with van der Waals surface area (Å²) in [5, 5.41) is 17.9. The van der Waals surface area contributed by atoms with Crippen LogP contribution in [-0.2, 0) is 31.1 Å². The lowest BCUT2D eigenvalue weighted by molar-refractivity contribution is -0.126. The monoisotopic (exact) mass is 525 g/mol. The Morgan fingerprint density at radius 1 is 1.06 bits per heavy atom. The molecular formula is C24H35N3O8S. The molecule has 5 N–H and O–H groups in total. The molecule has 2 aliphatic rings. The van der Waals surface area contributed by atoms with E-state index in [0.29, 0.717) is 19.4 Å². The number of alkyl carbamates (subject to hydrolysis) is 1. The number of aliphatic hydroxyl groups excluding tert-OH is 1. The van der Waals surface area contributed by atoms with E-state index < -0.39 is 45.6 Å². The lowest BCUT2D eigenvalue weighted by Gasteiger charge is -2.29. The minimum Gasteiger partial charge on any atom is -0.445 e. The van der Waals surface area contributed by atoms with E-state index in [9.17, 15) is 32.5 Å². The molecule has 3 amide bonds. The summed E-state index contributed by atoms with van der Waals surface area (Å²) in [6.07, 6.45) is 4.63. The van der Waals surface area contributed by atoms with E-state index >= 15 is 0 Å². The predicted octanol–water partition coefficient (Wildman–Crippen LogP) is 1.47. The number of aliphatic hydroxyl groups is 1. The van der Waals surface area contributed by atoms with Crippen molar-refractivity contribution in [2.75, 3.05) is 6.54 Å². The lowest BCUT2D eigenvalue weighted by atomic mass is 9.84. The highest BCUT2D eigenvalue weighted by Crippen LogP contribution is 2.28. The van der Waals surface area contributed by atoms with Crippen molar-refractivity contribution in [3.63, 3.8) is 0 Å². The highest BCUT2D eigenvalue weighted by molar-refractivity contribution is 7.86. The van der Waals surface area contributed by atoms with Crippen LogP contribution in [0.2, 0.25) is 0 Å². The van der Waals surface area contributed by atoms with Gasteiger partial charge in [0.15, 0.2) is 0 Å². The van der Waals surface area contributed by atoms with Gasteiger partial charge in [-0.3, -0.25) is 14.1 Å². The van der Waals surface area contributed by atoms with Gasteiger partial charge in [0.1, 0.15) is 12.6 Å². The average Bonchev–Trinajstić information content (AvgIpc) is 3.26. The van der Waals surface area contributed by atoms with E-state index in [1.807, 2.05) is 6.07 Å². The Hall–Kier alpha value is -2.70. The first-order valence-corrected chi connectivity index (χ1v) is 13.8. The topological polar surface area (TPSA) is 171 Å². The van der Waals surface area contributed by atoms with Gasteiger partial charge >= 0.3 is 6.09 Å². The van der Waals surface area contributed by atoms with Crippen molar-refractivity contribution in [3.8, 4) is 0 Å². The molecule has 1 heterocycles. The Bertz CT molecular complexity index is 998. The minimum absolute atomic E-state index is 0.00529. The molecule has 11 nitrogen and oxygen atoms in total. The zero-order chi connectivity index (χ0) is 26.1. The van der Waals surface area contributed by atoms with Crippen LogP contribution in [0.1, 0.15) is 56.9 Å². The van der Waals surface area contributed by atoms with Gasteiger partial charge in [-0.25, -0.2) is 4.79 Å². The van der Waals surface area contributed by atoms with Crippen LogP contribution in [0.5, 0.6) is 0 Å². The van der Waals surface area contributed by atoms with E-state index in [1.165, 1.54) is 0 Å². The first kappa shape index (κ1) is 27.9. The molecule has 1 saturated heterocycles. The average molecular weight is 526 g/mol. The van der Waals surface area contributed by atoms with Gasteiger partial charge in [-0.2, -0.15) is 8.42 Å². The van der Waals surface area contributed by atoms with Gasteiger partial charge in [0.05, 0.1) is 6.04 Å². The summed E-state index contributed by atoms with van der Waals surface area (Å²) in [5.74, 6) is -1.50. The summed E-state index contributed by atoms with van der Waals surface area (Å²) in [7, 11) is -4.92. The molecule has 3 rings (SSSR count). The molecule has 1 aromatic rings. The van der Waals surface area contributed by atoms with Crippen molar-refractivity contribution in [3.05, 3.63) is 35.9 Å². The molecule has 200 valence electrons. The zero-order valence-corrected chi connectivity index (χ0v) is 20.9. The molecule has 36 heavy (non-hydrogen) atoms. The van der Waals surface area contributed by atoms with Gasteiger partial charge in [0, 0.05) is 12.5 Å². The number of rotatable bonds is 11. The smallest absolute Gasteiger partial charge is 0.408 e. The second-order valence-electron chi connectivity index (χ2n) is 9.53. The molecule has 0 aromatic heterocycles. The molecule has 1 aliphatic heterocycles. The maximum Gasteiger partial charge on any atom is 0.408 e. The summed E-state index contributed by atoms with van der Waals surface area (Å²) in [6.45, 7) is 0.399. The number of nitrogens with one attached hydrogen (secondary N) is 3. The molecule has 2 fully saturated rings. The summed E-state index contributed by atoms with van der Waals surface area (Å²) in [4.78, 5) is 37.8. The molecule has 0 bridgehead atoms. The van der Waals surface area contributed by atoms with Crippen LogP contribution in [0.15, 0.2) is 30.3 Å². The number of benzene rings is 1. The lowest BCUT2D eigenvalue weighted by Crippen LogP contribution is -2.55. The fourth-order valence-corrected chi connectivity index (χ4v) is 5.40. The third kappa shape index (κ3) is 8.45. The van der Waals surface area contributed by atoms with Crippen LogP contribution < -0.4 is 16.0 Å². The molecule has 1 saturated carbocycles. The summed E-state index contributed by atoms with van der Waals surface area (Å²) < 4.78 is 38.0. The van der Waals surface area contributed by atoms with Gasteiger partial charge in [-0.15, -0.1) is 0 Å². The largest absolute Gasteiger partial charge is 0.445 e. The second-order valence-corrected chi connectivity index (χ2v) is 11.0. The van der Waals surface area contributed by atoms with Crippen molar-refractivity contribution in [1.82, 2.24) is 16.0 Å². The fraction of sp³-hybridized carbons (Fsp3) is 0.625. The number of amides is 3. The Morgan fingerprint density at radius 2 is 1.75 bits per heavy atom. The van der Waals surface area contributed by atoms with Crippen molar-refractivity contribution in [1.29, 1.82) is 0 Å². The minimum atomic E-state index is -4.92. The van der Waals surface area contributed by atoms with Crippen molar-refractivity contribution in [2.45, 2.75) is 75.5 Å². The maximum absolute atomic E-state index is 13.3. The van der Waals surface area contributed by atoms with Crippen LogP contribution in [0.25, 0.3) is 0 Å². The summed E-state index contributed by atoms with van der Waals surface area (Å²) >= 11 is 0. The van der Waals surface area contributed by atoms with Gasteiger partial charge < -0.3 is 25.8 Å². The van der Waals surface area contributed by atoms with Gasteiger partial charge in [-0.1, -0.05) is 62.4 Å². The first-order valence-electron chi connectivity index (χ1n) is 12.3. The van der Waals surface area contributed by atoms with E-state index in [4.69, 9.17) is 4.74 Å². The third-order valence-corrected chi connectivity index (χ3v) is 7.73. The molecule has 0 spiro atoms. The molecule has 1 aliphatic carbocycles. The maximum atomic E-state index is 13.3. The molecule has 0 radical (unpaired) electrons. The molecule has 12 heteroatoms. The number of carbonyl (C=O) groups excluding carboxylic acids is 3. The number of carbonyl (C=O) groups is 3. The summed E-state index contributed by atoms with van der Waals surface area (Å²) in [5.41, 5.74) is -1.55. The highest BCUT2D eigenvalue weighted by atomic mass is 32.2. The molecule has 1 aromatic carbocycles. The van der Waals surface area contributed by atoms with Gasteiger partial charge in [0.25, 0.3) is 10.1 Å². The van der Waals surface area contributed by atoms with E-state index in [0.717, 1.165) is 37.7 Å². The molecule has 4 atom stereocenters. The van der Waals surface area contributed by atoms with Crippen LogP contribution in [0.3, 0.4) is 0 Å². The third-order valence-electron chi connectivity index (χ3n) is 6.79. The van der Waals surface area contributed by atoms with Gasteiger partial charge in [-0.05, 0) is 30.7 Å². The van der Waals surface area contributed by atoms with Crippen LogP contribution >= 0.6 is 0 Å². The van der Waals surface area contributed by atoms with Crippen LogP contribution in [-0.4, -0.2) is 60.0 Å². The van der Waals surface area contributed by atoms with E-state index in [2.05, 4.69) is 16.0 Å². The zero-order valence-electron chi connectivity index (χ0n) is 20.1.